The number of amides is 1. The summed E-state index contributed by atoms with van der Waals surface area (Å²) < 4.78 is 39.6. The molecule has 0 spiro atoms. The predicted octanol–water partition coefficient (Wildman–Crippen LogP) is 3.33. The van der Waals surface area contributed by atoms with Gasteiger partial charge in [0.15, 0.2) is 11.5 Å². The Morgan fingerprint density at radius 1 is 1.04 bits per heavy atom. The fourth-order valence-electron chi connectivity index (χ4n) is 2.34. The first kappa shape index (κ1) is 18.3. The van der Waals surface area contributed by atoms with Gasteiger partial charge in [-0.1, -0.05) is 12.1 Å². The molecule has 0 saturated carbocycles. The van der Waals surface area contributed by atoms with Crippen LogP contribution in [-0.2, 0) is 17.4 Å². The molecule has 1 amide bonds. The molecule has 0 aliphatic carbocycles. The molecular weight excluding hydrogens is 359 g/mol. The van der Waals surface area contributed by atoms with E-state index in [4.69, 9.17) is 5.73 Å². The van der Waals surface area contributed by atoms with Crippen LogP contribution in [0.2, 0.25) is 0 Å². The number of nitrogens with one attached hydrogen (secondary N) is 1. The van der Waals surface area contributed by atoms with Crippen LogP contribution in [0, 0.1) is 0 Å². The van der Waals surface area contributed by atoms with E-state index in [1.807, 2.05) is 0 Å². The zero-order chi connectivity index (χ0) is 19.4. The summed E-state index contributed by atoms with van der Waals surface area (Å²) in [6.45, 7) is 0. The number of nitrogens with zero attached hydrogens (tertiary/aromatic N) is 3. The SMILES string of the molecule is NC(=O)Cc1ccc(Nc2cc(C(F)(F)F)nc(-c3ccncc3)n2)cc1. The van der Waals surface area contributed by atoms with Crippen molar-refractivity contribution in [2.24, 2.45) is 5.73 Å². The van der Waals surface area contributed by atoms with Crippen LogP contribution in [0.4, 0.5) is 24.7 Å². The molecule has 6 nitrogen and oxygen atoms in total. The highest BCUT2D eigenvalue weighted by molar-refractivity contribution is 5.76. The topological polar surface area (TPSA) is 93.8 Å². The number of carbonyl (C=O) groups excluding carboxylic acids is 1. The Labute approximate surface area is 152 Å². The van der Waals surface area contributed by atoms with Gasteiger partial charge in [-0.3, -0.25) is 9.78 Å². The summed E-state index contributed by atoms with van der Waals surface area (Å²) in [5.74, 6) is -0.546. The molecular formula is C18H14F3N5O. The maximum Gasteiger partial charge on any atom is 0.433 e. The largest absolute Gasteiger partial charge is 0.433 e. The molecule has 3 rings (SSSR count). The summed E-state index contributed by atoms with van der Waals surface area (Å²) in [5.41, 5.74) is 5.70. The lowest BCUT2D eigenvalue weighted by atomic mass is 10.1. The minimum Gasteiger partial charge on any atom is -0.369 e. The number of primary amides is 1. The Morgan fingerprint density at radius 2 is 1.70 bits per heavy atom. The van der Waals surface area contributed by atoms with E-state index in [9.17, 15) is 18.0 Å². The van der Waals surface area contributed by atoms with Crippen molar-refractivity contribution in [3.63, 3.8) is 0 Å². The Hall–Kier alpha value is -3.49. The smallest absolute Gasteiger partial charge is 0.369 e. The number of anilines is 2. The number of hydrogen-bond acceptors (Lipinski definition) is 5. The Balaban J connectivity index is 1.93. The van der Waals surface area contributed by atoms with Crippen molar-refractivity contribution < 1.29 is 18.0 Å². The van der Waals surface area contributed by atoms with Crippen molar-refractivity contribution in [1.82, 2.24) is 15.0 Å². The minimum atomic E-state index is -4.62. The summed E-state index contributed by atoms with van der Waals surface area (Å²) in [5, 5.41) is 2.82. The molecule has 0 saturated heterocycles. The molecule has 0 unspecified atom stereocenters. The van der Waals surface area contributed by atoms with Gasteiger partial charge in [0.2, 0.25) is 5.91 Å². The molecule has 0 bridgehead atoms. The summed E-state index contributed by atoms with van der Waals surface area (Å²) in [6.07, 6.45) is -1.64. The van der Waals surface area contributed by atoms with Gasteiger partial charge >= 0.3 is 6.18 Å². The molecule has 0 aliphatic heterocycles. The van der Waals surface area contributed by atoms with E-state index in [0.717, 1.165) is 6.07 Å². The van der Waals surface area contributed by atoms with Gasteiger partial charge in [-0.2, -0.15) is 13.2 Å². The fraction of sp³-hybridized carbons (Fsp3) is 0.111. The van der Waals surface area contributed by atoms with E-state index in [1.54, 1.807) is 24.3 Å². The third-order valence-corrected chi connectivity index (χ3v) is 3.56. The number of nitrogens with two attached hydrogens (primary N) is 1. The highest BCUT2D eigenvalue weighted by Gasteiger charge is 2.33. The zero-order valence-corrected chi connectivity index (χ0v) is 13.9. The third kappa shape index (κ3) is 4.78. The van der Waals surface area contributed by atoms with Crippen LogP contribution in [0.5, 0.6) is 0 Å². The molecule has 0 fully saturated rings. The number of hydrogen-bond donors (Lipinski definition) is 2. The molecule has 27 heavy (non-hydrogen) atoms. The third-order valence-electron chi connectivity index (χ3n) is 3.56. The van der Waals surface area contributed by atoms with Gasteiger partial charge < -0.3 is 11.1 Å². The normalized spacial score (nSPS) is 11.2. The molecule has 3 aromatic rings. The lowest BCUT2D eigenvalue weighted by Gasteiger charge is -2.12. The van der Waals surface area contributed by atoms with Crippen LogP contribution in [0.15, 0.2) is 54.9 Å². The number of carbonyl (C=O) groups is 1. The van der Waals surface area contributed by atoms with Gasteiger partial charge in [0, 0.05) is 29.7 Å². The summed E-state index contributed by atoms with van der Waals surface area (Å²) >= 11 is 0. The molecule has 0 radical (unpaired) electrons. The van der Waals surface area contributed by atoms with E-state index in [1.165, 1.54) is 24.5 Å². The number of benzene rings is 1. The average Bonchev–Trinajstić information content (AvgIpc) is 2.63. The maximum atomic E-state index is 13.2. The van der Waals surface area contributed by atoms with Crippen molar-refractivity contribution in [2.45, 2.75) is 12.6 Å². The number of rotatable bonds is 5. The van der Waals surface area contributed by atoms with Gasteiger partial charge in [0.25, 0.3) is 0 Å². The zero-order valence-electron chi connectivity index (χ0n) is 13.9. The molecule has 2 aromatic heterocycles. The van der Waals surface area contributed by atoms with Crippen molar-refractivity contribution >= 4 is 17.4 Å². The lowest BCUT2D eigenvalue weighted by Crippen LogP contribution is -2.13. The molecule has 2 heterocycles. The summed E-state index contributed by atoms with van der Waals surface area (Å²) in [7, 11) is 0. The van der Waals surface area contributed by atoms with Crippen LogP contribution in [0.3, 0.4) is 0 Å². The monoisotopic (exact) mass is 373 g/mol. The second-order valence-corrected chi connectivity index (χ2v) is 5.66. The average molecular weight is 373 g/mol. The first-order valence-electron chi connectivity index (χ1n) is 7.82. The van der Waals surface area contributed by atoms with Crippen LogP contribution in [0.1, 0.15) is 11.3 Å². The number of aromatic nitrogens is 3. The Bertz CT molecular complexity index is 943. The maximum absolute atomic E-state index is 13.2. The van der Waals surface area contributed by atoms with Gasteiger partial charge in [-0.25, -0.2) is 9.97 Å². The Morgan fingerprint density at radius 3 is 2.30 bits per heavy atom. The Kier molecular flexibility index (Phi) is 5.02. The highest BCUT2D eigenvalue weighted by atomic mass is 19.4. The molecule has 138 valence electrons. The van der Waals surface area contributed by atoms with Crippen LogP contribution < -0.4 is 11.1 Å². The lowest BCUT2D eigenvalue weighted by molar-refractivity contribution is -0.141. The van der Waals surface area contributed by atoms with E-state index in [-0.39, 0.29) is 18.1 Å². The summed E-state index contributed by atoms with van der Waals surface area (Å²) in [4.78, 5) is 22.5. The second-order valence-electron chi connectivity index (χ2n) is 5.66. The number of halogens is 3. The van der Waals surface area contributed by atoms with Crippen LogP contribution in [0.25, 0.3) is 11.4 Å². The van der Waals surface area contributed by atoms with E-state index in [0.29, 0.717) is 16.8 Å². The van der Waals surface area contributed by atoms with Crippen molar-refractivity contribution in [3.05, 3.63) is 66.1 Å². The fourth-order valence-corrected chi connectivity index (χ4v) is 2.34. The molecule has 0 aliphatic rings. The molecule has 9 heteroatoms. The van der Waals surface area contributed by atoms with Crippen molar-refractivity contribution in [2.75, 3.05) is 5.32 Å². The minimum absolute atomic E-state index is 0.00760. The van der Waals surface area contributed by atoms with E-state index < -0.39 is 17.8 Å². The standard InChI is InChI=1S/C18H14F3N5O/c19-18(20,21)14-10-16(26-17(25-14)12-5-7-23-8-6-12)24-13-3-1-11(2-4-13)9-15(22)27/h1-8,10H,9H2,(H2,22,27)(H,24,25,26). The molecule has 1 aromatic carbocycles. The predicted molar refractivity (Wildman–Crippen MR) is 92.9 cm³/mol. The first-order chi connectivity index (χ1) is 12.8. The second kappa shape index (κ2) is 7.40. The van der Waals surface area contributed by atoms with Crippen LogP contribution in [-0.4, -0.2) is 20.9 Å². The van der Waals surface area contributed by atoms with E-state index >= 15 is 0 Å². The quantitative estimate of drug-likeness (QED) is 0.715. The molecule has 0 atom stereocenters. The van der Waals surface area contributed by atoms with Gasteiger partial charge in [-0.05, 0) is 29.8 Å². The first-order valence-corrected chi connectivity index (χ1v) is 7.82. The highest BCUT2D eigenvalue weighted by Crippen LogP contribution is 2.31. The van der Waals surface area contributed by atoms with Crippen molar-refractivity contribution in [3.8, 4) is 11.4 Å². The van der Waals surface area contributed by atoms with E-state index in [2.05, 4.69) is 20.3 Å². The van der Waals surface area contributed by atoms with Crippen LogP contribution >= 0.6 is 0 Å². The van der Waals surface area contributed by atoms with Crippen molar-refractivity contribution in [1.29, 1.82) is 0 Å². The van der Waals surface area contributed by atoms with Gasteiger partial charge in [-0.15, -0.1) is 0 Å². The molecule has 3 N–H and O–H groups in total. The van der Waals surface area contributed by atoms with Gasteiger partial charge in [0.05, 0.1) is 6.42 Å². The van der Waals surface area contributed by atoms with Gasteiger partial charge in [0.1, 0.15) is 5.82 Å². The summed E-state index contributed by atoms with van der Waals surface area (Å²) in [6, 6.07) is 10.4. The number of alkyl halides is 3. The number of pyridine rings is 1.